The van der Waals surface area contributed by atoms with Gasteiger partial charge in [0.2, 0.25) is 11.8 Å². The Hall–Kier alpha value is -6.19. The van der Waals surface area contributed by atoms with E-state index in [-0.39, 0.29) is 41.7 Å². The zero-order valence-corrected chi connectivity index (χ0v) is 43.7. The molecule has 3 aromatic carbocycles. The van der Waals surface area contributed by atoms with Crippen LogP contribution in [0.1, 0.15) is 99.3 Å². The van der Waals surface area contributed by atoms with Gasteiger partial charge in [0.25, 0.3) is 0 Å². The van der Waals surface area contributed by atoms with Crippen molar-refractivity contribution >= 4 is 67.5 Å². The fourth-order valence-electron chi connectivity index (χ4n) is 11.2. The number of hydrogen-bond donors (Lipinski definition) is 4. The maximum atomic E-state index is 16.6. The average molecular weight is 1030 g/mol. The fraction of sp³-hybridized carbons (Fsp3) is 0.538. The zero-order valence-electron chi connectivity index (χ0n) is 42.8. The largest absolute Gasteiger partial charge is 0.453 e. The number of ether oxygens (including phenoxy) is 4. The summed E-state index contributed by atoms with van der Waals surface area (Å²) < 4.78 is 53.8. The van der Waals surface area contributed by atoms with Crippen LogP contribution in [0, 0.1) is 11.6 Å². The number of imidazole rings is 2. The van der Waals surface area contributed by atoms with Crippen LogP contribution in [0.4, 0.5) is 29.7 Å². The van der Waals surface area contributed by atoms with Crippen molar-refractivity contribution in [1.82, 2.24) is 40.4 Å². The Morgan fingerprint density at radius 1 is 0.644 bits per heavy atom. The second-order valence-corrected chi connectivity index (χ2v) is 24.6. The van der Waals surface area contributed by atoms with Crippen molar-refractivity contribution in [2.45, 2.75) is 101 Å². The quantitative estimate of drug-likeness (QED) is 0.0854. The summed E-state index contributed by atoms with van der Waals surface area (Å²) in [6.07, 6.45) is 5.94. The Morgan fingerprint density at radius 2 is 1.08 bits per heavy atom. The number of methoxy groups -OCH3 is 4. The van der Waals surface area contributed by atoms with E-state index in [9.17, 15) is 19.2 Å². The van der Waals surface area contributed by atoms with E-state index in [0.717, 1.165) is 46.5 Å². The first-order valence-electron chi connectivity index (χ1n) is 25.1. The van der Waals surface area contributed by atoms with Crippen molar-refractivity contribution in [2.24, 2.45) is 0 Å². The van der Waals surface area contributed by atoms with Gasteiger partial charge in [-0.15, -0.1) is 0 Å². The first-order chi connectivity index (χ1) is 35.0. The summed E-state index contributed by atoms with van der Waals surface area (Å²) in [7, 11) is 4.64. The molecule has 0 saturated carbocycles. The molecule has 2 aromatic heterocycles. The number of likely N-dealkylation sites (tertiary alicyclic amines) is 2. The lowest BCUT2D eigenvalue weighted by atomic mass is 10.0. The van der Waals surface area contributed by atoms with Gasteiger partial charge in [0, 0.05) is 46.1 Å². The third kappa shape index (κ3) is 10.4. The van der Waals surface area contributed by atoms with Crippen LogP contribution < -0.4 is 20.4 Å². The summed E-state index contributed by atoms with van der Waals surface area (Å²) in [5.74, 6) is 1.23. The van der Waals surface area contributed by atoms with Crippen LogP contribution >= 0.6 is 10.0 Å². The molecular weight excluding hydrogens is 963 g/mol. The van der Waals surface area contributed by atoms with Gasteiger partial charge < -0.3 is 59.1 Å². The van der Waals surface area contributed by atoms with Crippen LogP contribution in [0.3, 0.4) is 0 Å². The number of H-pyrrole nitrogens is 2. The van der Waals surface area contributed by atoms with Crippen LogP contribution in [0.25, 0.3) is 22.1 Å². The highest BCUT2D eigenvalue weighted by Crippen LogP contribution is 2.50. The van der Waals surface area contributed by atoms with Gasteiger partial charge >= 0.3 is 12.2 Å². The van der Waals surface area contributed by atoms with Crippen molar-refractivity contribution in [1.29, 1.82) is 0 Å². The van der Waals surface area contributed by atoms with Crippen LogP contribution in [-0.2, 0) is 28.5 Å². The molecule has 4 fully saturated rings. The number of carbonyl (C=O) groups is 4. The van der Waals surface area contributed by atoms with Crippen LogP contribution in [0.2, 0.25) is 0 Å². The van der Waals surface area contributed by atoms with Crippen molar-refractivity contribution in [3.63, 3.8) is 0 Å². The van der Waals surface area contributed by atoms with E-state index in [0.29, 0.717) is 80.2 Å². The van der Waals surface area contributed by atoms with Crippen LogP contribution in [0.15, 0.2) is 48.5 Å². The number of carbonyl (C=O) groups excluding carboxylic acids is 4. The normalized spacial score (nSPS) is 23.1. The van der Waals surface area contributed by atoms with E-state index in [1.165, 1.54) is 40.6 Å². The third-order valence-corrected chi connectivity index (χ3v) is 18.1. The van der Waals surface area contributed by atoms with Gasteiger partial charge in [-0.05, 0) is 124 Å². The number of nitrogens with one attached hydrogen (secondary N) is 4. The van der Waals surface area contributed by atoms with Crippen LogP contribution in [-0.4, -0.2) is 157 Å². The highest BCUT2D eigenvalue weighted by molar-refractivity contribution is 8.32. The molecule has 0 radical (unpaired) electrons. The molecule has 8 atom stereocenters. The van der Waals surface area contributed by atoms with Gasteiger partial charge in [-0.1, -0.05) is 12.1 Å². The molecule has 9 rings (SSSR count). The number of amides is 4. The zero-order chi connectivity index (χ0) is 51.9. The smallest absolute Gasteiger partial charge is 0.407 e. The van der Waals surface area contributed by atoms with Crippen molar-refractivity contribution in [3.05, 3.63) is 82.9 Å². The number of aromatic amines is 2. The van der Waals surface area contributed by atoms with Crippen molar-refractivity contribution in [2.75, 3.05) is 88.4 Å². The first-order valence-corrected chi connectivity index (χ1v) is 27.9. The van der Waals surface area contributed by atoms with Gasteiger partial charge in [-0.25, -0.2) is 38.4 Å². The standard InChI is InChI=1S/C52H68F2N10O8S/c1-29(69-3)44(59-51(67)71-5)49(65)62-19-9-11-42(62)47-55-36-15-13-31(25-38(36)57-47)40-17-18-41(64(40)33-27-34(53)46(35(54)28-33)61-21-23-73(7,8)24-22-61)32-14-16-37-39(26-32)58-48(56-37)43-12-10-20-63(43)50(66)45(30(2)70-4)60-52(68)72-6/h13-16,25-30,40-45H,9-12,17-24H2,1-8H3,(H,55,57)(H,56,58)(H,59,67)(H,60,68)/t29-,30-,40-,41-,42+,43+,44+,45+/m1/s1. The summed E-state index contributed by atoms with van der Waals surface area (Å²) in [5.41, 5.74) is 5.18. The van der Waals surface area contributed by atoms with E-state index in [2.05, 4.69) is 38.0 Å². The number of alkyl carbamates (subject to hydrolysis) is 2. The molecule has 73 heavy (non-hydrogen) atoms. The topological polar surface area (TPSA) is 200 Å². The molecule has 394 valence electrons. The molecule has 4 N–H and O–H groups in total. The minimum atomic E-state index is -0.974. The van der Waals surface area contributed by atoms with Gasteiger partial charge in [0.05, 0.1) is 72.7 Å². The van der Waals surface area contributed by atoms with Gasteiger partial charge in [-0.3, -0.25) is 9.59 Å². The molecule has 4 aliphatic heterocycles. The minimum absolute atomic E-state index is 0.00999. The lowest BCUT2D eigenvalue weighted by molar-refractivity contribution is -0.138. The van der Waals surface area contributed by atoms with E-state index in [4.69, 9.17) is 28.9 Å². The number of rotatable bonds is 14. The third-order valence-electron chi connectivity index (χ3n) is 15.5. The fourth-order valence-corrected chi connectivity index (χ4v) is 12.8. The molecule has 0 unspecified atom stereocenters. The summed E-state index contributed by atoms with van der Waals surface area (Å²) in [4.78, 5) is 77.0. The Labute approximate surface area is 425 Å². The number of aromatic nitrogens is 4. The maximum absolute atomic E-state index is 16.6. The summed E-state index contributed by atoms with van der Waals surface area (Å²) in [6, 6.07) is 11.6. The first kappa shape index (κ1) is 51.7. The SMILES string of the molecule is COC(=O)N[C@H](C(=O)N1CCC[C@H]1c1nc2ccc([C@H]3CC[C@H](c4ccc5nc([C@@H]6CCCN6C(=O)[C@@H](NC(=O)OC)[C@@H](C)OC)[nH]c5c4)N3c3cc(F)c(N4CCS(C)(C)CC4)c(F)c3)cc2[nH]1)[C@@H](C)OC. The number of fused-ring (bicyclic) bond motifs is 2. The minimum Gasteiger partial charge on any atom is -0.453 e. The molecule has 0 bridgehead atoms. The number of benzene rings is 3. The molecule has 5 aromatic rings. The predicted octanol–water partition coefficient (Wildman–Crippen LogP) is 7.53. The van der Waals surface area contributed by atoms with Crippen molar-refractivity contribution in [3.8, 4) is 0 Å². The van der Waals surface area contributed by atoms with Crippen molar-refractivity contribution < 1.29 is 46.9 Å². The molecule has 18 nitrogen and oxygen atoms in total. The molecule has 6 heterocycles. The summed E-state index contributed by atoms with van der Waals surface area (Å²) in [5, 5.41) is 5.28. The van der Waals surface area contributed by atoms with E-state index in [1.807, 2.05) is 41.3 Å². The van der Waals surface area contributed by atoms with E-state index >= 15 is 8.78 Å². The van der Waals surface area contributed by atoms with E-state index < -0.39 is 58.1 Å². The number of hydrogen-bond acceptors (Lipinski definition) is 12. The lowest BCUT2D eigenvalue weighted by Gasteiger charge is -2.42. The Morgan fingerprint density at radius 3 is 1.49 bits per heavy atom. The lowest BCUT2D eigenvalue weighted by Crippen LogP contribution is -2.54. The van der Waals surface area contributed by atoms with E-state index in [1.54, 1.807) is 23.6 Å². The monoisotopic (exact) mass is 1030 g/mol. The number of nitrogens with zero attached hydrogens (tertiary/aromatic N) is 6. The van der Waals surface area contributed by atoms with Gasteiger partial charge in [0.15, 0.2) is 11.6 Å². The Kier molecular flexibility index (Phi) is 15.1. The van der Waals surface area contributed by atoms with Crippen LogP contribution in [0.5, 0.6) is 0 Å². The Balaban J connectivity index is 1.04. The van der Waals surface area contributed by atoms with Gasteiger partial charge in [-0.2, -0.15) is 0 Å². The van der Waals surface area contributed by atoms with Gasteiger partial charge in [0.1, 0.15) is 29.4 Å². The molecular formula is C52H68F2N10O8S. The summed E-state index contributed by atoms with van der Waals surface area (Å²) in [6.45, 7) is 5.56. The molecule has 0 aliphatic carbocycles. The number of halogens is 2. The summed E-state index contributed by atoms with van der Waals surface area (Å²) >= 11 is 0. The highest BCUT2D eigenvalue weighted by Gasteiger charge is 2.42. The second kappa shape index (κ2) is 21.3. The second-order valence-electron chi connectivity index (χ2n) is 20.2. The molecule has 4 aliphatic rings. The highest BCUT2D eigenvalue weighted by atomic mass is 32.3. The average Bonchev–Trinajstić information content (AvgIpc) is 4.25. The maximum Gasteiger partial charge on any atom is 0.407 e. The molecule has 21 heteroatoms. The predicted molar refractivity (Wildman–Crippen MR) is 276 cm³/mol. The molecule has 0 spiro atoms. The number of anilines is 2. The molecule has 4 saturated heterocycles. The Bertz CT molecular complexity index is 2680. The molecule has 4 amide bonds.